The highest BCUT2D eigenvalue weighted by Crippen LogP contribution is 2.33. The zero-order chi connectivity index (χ0) is 13.2. The van der Waals surface area contributed by atoms with Crippen molar-refractivity contribution >= 4 is 11.6 Å². The van der Waals surface area contributed by atoms with Crippen LogP contribution in [-0.2, 0) is 0 Å². The molecule has 1 rings (SSSR count). The molecule has 7 heteroatoms. The van der Waals surface area contributed by atoms with Crippen LogP contribution in [0.3, 0.4) is 0 Å². The van der Waals surface area contributed by atoms with Gasteiger partial charge in [-0.3, -0.25) is 20.3 Å². The maximum Gasteiger partial charge on any atom is 0.273 e. The fraction of sp³-hybridized carbons (Fsp3) is 0.300. The summed E-state index contributed by atoms with van der Waals surface area (Å²) in [6.07, 6.45) is 0. The molecule has 0 unspecified atom stereocenters. The topological polar surface area (TPSA) is 107 Å². The molecule has 92 valence electrons. The van der Waals surface area contributed by atoms with E-state index in [1.54, 1.807) is 6.92 Å². The third-order valence-corrected chi connectivity index (χ3v) is 2.46. The van der Waals surface area contributed by atoms with Crippen LogP contribution in [-0.4, -0.2) is 17.9 Å². The lowest BCUT2D eigenvalue weighted by Gasteiger charge is -2.13. The number of benzene rings is 1. The molecule has 0 radical (unpaired) electrons. The first kappa shape index (κ1) is 12.9. The van der Waals surface area contributed by atoms with Crippen LogP contribution in [0.25, 0.3) is 0 Å². The molecule has 7 nitrogen and oxygen atoms in total. The van der Waals surface area contributed by atoms with Crippen LogP contribution in [0.4, 0.5) is 5.69 Å². The summed E-state index contributed by atoms with van der Waals surface area (Å²) in [6.45, 7) is 3.10. The molecular formula is C10H13N3O4. The molecule has 17 heavy (non-hydrogen) atoms. The number of nitrogen functional groups attached to an aromatic ring is 1. The van der Waals surface area contributed by atoms with Crippen molar-refractivity contribution in [3.05, 3.63) is 32.9 Å². The number of nitro groups is 1. The number of rotatable bonds is 3. The summed E-state index contributed by atoms with van der Waals surface area (Å²) in [5.74, 6) is 4.72. The van der Waals surface area contributed by atoms with E-state index in [0.717, 1.165) is 0 Å². The molecule has 0 heterocycles. The molecule has 0 aliphatic heterocycles. The van der Waals surface area contributed by atoms with Crippen LogP contribution in [0.15, 0.2) is 6.07 Å². The van der Waals surface area contributed by atoms with Crippen LogP contribution < -0.4 is 16.0 Å². The van der Waals surface area contributed by atoms with Gasteiger partial charge in [0.15, 0.2) is 0 Å². The number of nitrogens with two attached hydrogens (primary N) is 1. The molecular weight excluding hydrogens is 226 g/mol. The predicted octanol–water partition coefficient (Wildman–Crippen LogP) is 0.824. The molecule has 0 saturated carbocycles. The van der Waals surface area contributed by atoms with Crippen molar-refractivity contribution in [3.8, 4) is 5.75 Å². The highest BCUT2D eigenvalue weighted by molar-refractivity contribution is 5.99. The summed E-state index contributed by atoms with van der Waals surface area (Å²) in [4.78, 5) is 21.9. The molecule has 1 amide bonds. The second-order valence-electron chi connectivity index (χ2n) is 3.48. The second kappa shape index (κ2) is 4.79. The van der Waals surface area contributed by atoms with Gasteiger partial charge < -0.3 is 4.74 Å². The van der Waals surface area contributed by atoms with Crippen LogP contribution in [0.1, 0.15) is 21.5 Å². The van der Waals surface area contributed by atoms with Gasteiger partial charge in [0.25, 0.3) is 11.6 Å². The number of carbonyl (C=O) groups is 1. The lowest BCUT2D eigenvalue weighted by Crippen LogP contribution is -2.31. The Kier molecular flexibility index (Phi) is 3.64. The van der Waals surface area contributed by atoms with Gasteiger partial charge in [-0.15, -0.1) is 0 Å². The Labute approximate surface area is 97.7 Å². The quantitative estimate of drug-likeness (QED) is 0.351. The fourth-order valence-corrected chi connectivity index (χ4v) is 1.67. The summed E-state index contributed by atoms with van der Waals surface area (Å²) >= 11 is 0. The molecule has 3 N–H and O–H groups in total. The largest absolute Gasteiger partial charge is 0.496 e. The number of nitrogens with zero attached hydrogens (tertiary/aromatic N) is 1. The first-order valence-corrected chi connectivity index (χ1v) is 4.77. The Morgan fingerprint density at radius 3 is 2.53 bits per heavy atom. The molecule has 1 aromatic carbocycles. The Hall–Kier alpha value is -2.15. The SMILES string of the molecule is COc1c(C)cc([N+](=O)[O-])c(C)c1C(=O)NN. The highest BCUT2D eigenvalue weighted by atomic mass is 16.6. The molecule has 0 aromatic heterocycles. The molecule has 1 aromatic rings. The van der Waals surface area contributed by atoms with Crippen molar-refractivity contribution in [1.29, 1.82) is 0 Å². The van der Waals surface area contributed by atoms with Crippen molar-refractivity contribution in [2.75, 3.05) is 7.11 Å². The molecule has 0 saturated heterocycles. The third kappa shape index (κ3) is 2.18. The predicted molar refractivity (Wildman–Crippen MR) is 60.8 cm³/mol. The molecule has 0 fully saturated rings. The number of amides is 1. The summed E-state index contributed by atoms with van der Waals surface area (Å²) in [5.41, 5.74) is 2.62. The average molecular weight is 239 g/mol. The zero-order valence-corrected chi connectivity index (χ0v) is 9.73. The molecule has 0 aliphatic rings. The van der Waals surface area contributed by atoms with E-state index in [1.165, 1.54) is 20.1 Å². The number of hydrogen-bond acceptors (Lipinski definition) is 5. The monoisotopic (exact) mass is 239 g/mol. The number of carbonyl (C=O) groups excluding carboxylic acids is 1. The van der Waals surface area contributed by atoms with E-state index in [9.17, 15) is 14.9 Å². The standard InChI is InChI=1S/C10H13N3O4/c1-5-4-7(13(15)16)6(2)8(9(5)17-3)10(14)12-11/h4H,11H2,1-3H3,(H,12,14). The number of methoxy groups -OCH3 is 1. The van der Waals surface area contributed by atoms with Crippen molar-refractivity contribution < 1.29 is 14.5 Å². The zero-order valence-electron chi connectivity index (χ0n) is 9.73. The highest BCUT2D eigenvalue weighted by Gasteiger charge is 2.24. The van der Waals surface area contributed by atoms with Crippen molar-refractivity contribution in [1.82, 2.24) is 5.43 Å². The van der Waals surface area contributed by atoms with Gasteiger partial charge in [-0.05, 0) is 19.4 Å². The van der Waals surface area contributed by atoms with E-state index in [-0.39, 0.29) is 22.6 Å². The second-order valence-corrected chi connectivity index (χ2v) is 3.48. The Morgan fingerprint density at radius 2 is 2.12 bits per heavy atom. The first-order chi connectivity index (χ1) is 7.93. The average Bonchev–Trinajstić information content (AvgIpc) is 2.29. The number of hydrazine groups is 1. The number of aryl methyl sites for hydroxylation is 1. The molecule has 0 bridgehead atoms. The van der Waals surface area contributed by atoms with Crippen molar-refractivity contribution in [3.63, 3.8) is 0 Å². The first-order valence-electron chi connectivity index (χ1n) is 4.77. The van der Waals surface area contributed by atoms with Crippen molar-refractivity contribution in [2.24, 2.45) is 5.84 Å². The Morgan fingerprint density at radius 1 is 1.53 bits per heavy atom. The molecule has 0 spiro atoms. The van der Waals surface area contributed by atoms with Crippen LogP contribution >= 0.6 is 0 Å². The lowest BCUT2D eigenvalue weighted by molar-refractivity contribution is -0.385. The van der Waals surface area contributed by atoms with E-state index < -0.39 is 10.8 Å². The van der Waals surface area contributed by atoms with E-state index in [4.69, 9.17) is 10.6 Å². The number of nitro benzene ring substituents is 1. The lowest BCUT2D eigenvalue weighted by atomic mass is 10.0. The van der Waals surface area contributed by atoms with Gasteiger partial charge in [0.2, 0.25) is 0 Å². The number of hydrogen-bond donors (Lipinski definition) is 2. The Bertz CT molecular complexity index is 485. The summed E-state index contributed by atoms with van der Waals surface area (Å²) in [7, 11) is 1.39. The van der Waals surface area contributed by atoms with Crippen LogP contribution in [0.5, 0.6) is 5.75 Å². The summed E-state index contributed by atoms with van der Waals surface area (Å²) < 4.78 is 5.08. The van der Waals surface area contributed by atoms with Gasteiger partial charge in [0, 0.05) is 11.6 Å². The van der Waals surface area contributed by atoms with Gasteiger partial charge in [0.05, 0.1) is 17.6 Å². The van der Waals surface area contributed by atoms with Gasteiger partial charge >= 0.3 is 0 Å². The van der Waals surface area contributed by atoms with Gasteiger partial charge in [-0.2, -0.15) is 0 Å². The summed E-state index contributed by atoms with van der Waals surface area (Å²) in [6, 6.07) is 1.36. The minimum atomic E-state index is -0.619. The van der Waals surface area contributed by atoms with E-state index in [0.29, 0.717) is 5.56 Å². The van der Waals surface area contributed by atoms with E-state index in [1.807, 2.05) is 5.43 Å². The minimum Gasteiger partial charge on any atom is -0.496 e. The number of ether oxygens (including phenoxy) is 1. The minimum absolute atomic E-state index is 0.0849. The van der Waals surface area contributed by atoms with Gasteiger partial charge in [-0.1, -0.05) is 0 Å². The molecule has 0 atom stereocenters. The van der Waals surface area contributed by atoms with Gasteiger partial charge in [0.1, 0.15) is 5.75 Å². The molecule has 0 aliphatic carbocycles. The fourth-order valence-electron chi connectivity index (χ4n) is 1.67. The van der Waals surface area contributed by atoms with Crippen molar-refractivity contribution in [2.45, 2.75) is 13.8 Å². The number of nitrogens with one attached hydrogen (secondary N) is 1. The Balaban J connectivity index is 3.62. The smallest absolute Gasteiger partial charge is 0.273 e. The van der Waals surface area contributed by atoms with Gasteiger partial charge in [-0.25, -0.2) is 5.84 Å². The maximum absolute atomic E-state index is 11.6. The van der Waals surface area contributed by atoms with Crippen LogP contribution in [0.2, 0.25) is 0 Å². The van der Waals surface area contributed by atoms with E-state index in [2.05, 4.69) is 0 Å². The van der Waals surface area contributed by atoms with Crippen LogP contribution in [0, 0.1) is 24.0 Å². The normalized spacial score (nSPS) is 9.88. The maximum atomic E-state index is 11.6. The summed E-state index contributed by atoms with van der Waals surface area (Å²) in [5, 5.41) is 10.8. The third-order valence-electron chi connectivity index (χ3n) is 2.46. The van der Waals surface area contributed by atoms with E-state index >= 15 is 0 Å².